The van der Waals surface area contributed by atoms with Crippen LogP contribution in [0.1, 0.15) is 0 Å². The second kappa shape index (κ2) is 9.23. The molecule has 0 N–H and O–H groups in total. The molecule has 198 valence electrons. The molecule has 0 unspecified atom stereocenters. The SMILES string of the molecule is C1=CN(c2ccc3c(c2)N2B(c4ccccc4-c4ccc(-c5nccs5)cc42)c2ccccc2-3)CN1c1ccccc1. The van der Waals surface area contributed by atoms with Crippen LogP contribution in [-0.4, -0.2) is 18.5 Å². The Morgan fingerprint density at radius 1 is 0.595 bits per heavy atom. The fourth-order valence-corrected chi connectivity index (χ4v) is 7.41. The monoisotopic (exact) mass is 556 g/mol. The third-order valence-corrected chi connectivity index (χ3v) is 9.50. The van der Waals surface area contributed by atoms with Crippen LogP contribution >= 0.6 is 11.3 Å². The van der Waals surface area contributed by atoms with Crippen molar-refractivity contribution in [2.75, 3.05) is 21.3 Å². The smallest absolute Gasteiger partial charge is 0.329 e. The number of thiazole rings is 1. The van der Waals surface area contributed by atoms with Gasteiger partial charge in [-0.2, -0.15) is 0 Å². The largest absolute Gasteiger partial charge is 0.376 e. The van der Waals surface area contributed by atoms with E-state index >= 15 is 0 Å². The Morgan fingerprint density at radius 3 is 1.95 bits per heavy atom. The molecule has 4 heterocycles. The van der Waals surface area contributed by atoms with E-state index in [4.69, 9.17) is 0 Å². The highest BCUT2D eigenvalue weighted by atomic mass is 32.1. The van der Waals surface area contributed by atoms with Crippen LogP contribution in [0.2, 0.25) is 0 Å². The summed E-state index contributed by atoms with van der Waals surface area (Å²) in [6.07, 6.45) is 6.24. The second-order valence-electron chi connectivity index (χ2n) is 10.9. The molecule has 0 spiro atoms. The Labute approximate surface area is 249 Å². The first-order valence-electron chi connectivity index (χ1n) is 14.3. The first-order chi connectivity index (χ1) is 20.8. The van der Waals surface area contributed by atoms with Crippen LogP contribution in [0.5, 0.6) is 0 Å². The molecule has 0 amide bonds. The quantitative estimate of drug-likeness (QED) is 0.211. The summed E-state index contributed by atoms with van der Waals surface area (Å²) in [7, 11) is 0. The predicted octanol–water partition coefficient (Wildman–Crippen LogP) is 7.47. The van der Waals surface area contributed by atoms with Crippen molar-refractivity contribution >= 4 is 51.9 Å². The highest BCUT2D eigenvalue weighted by Crippen LogP contribution is 2.48. The third-order valence-electron chi connectivity index (χ3n) is 8.68. The van der Waals surface area contributed by atoms with E-state index in [9.17, 15) is 0 Å². The molecule has 1 aromatic heterocycles. The van der Waals surface area contributed by atoms with Gasteiger partial charge in [-0.15, -0.1) is 11.3 Å². The van der Waals surface area contributed by atoms with Gasteiger partial charge in [-0.3, -0.25) is 0 Å². The van der Waals surface area contributed by atoms with E-state index in [2.05, 4.69) is 147 Å². The van der Waals surface area contributed by atoms with Crippen LogP contribution < -0.4 is 25.5 Å². The molecule has 0 radical (unpaired) electrons. The van der Waals surface area contributed by atoms with Gasteiger partial charge in [-0.1, -0.05) is 84.9 Å². The minimum atomic E-state index is 0.0779. The topological polar surface area (TPSA) is 22.6 Å². The molecular formula is C36H25BN4S. The Hall–Kier alpha value is -5.07. The van der Waals surface area contributed by atoms with E-state index in [1.54, 1.807) is 11.3 Å². The number of hydrogen-bond acceptors (Lipinski definition) is 5. The third kappa shape index (κ3) is 3.52. The summed E-state index contributed by atoms with van der Waals surface area (Å²) in [6, 6.07) is 42.2. The number of para-hydroxylation sites is 1. The van der Waals surface area contributed by atoms with E-state index in [1.807, 2.05) is 11.6 Å². The zero-order chi connectivity index (χ0) is 27.6. The Balaban J connectivity index is 1.24. The standard InChI is InChI=1S/C36H25BN4S/c1-2-8-26(9-3-1)39-19-20-40(24-39)27-15-17-31-29-11-5-7-13-33(29)37-32-12-6-4-10-28(32)30-16-14-25(36-38-18-21-42-36)22-34(30)41(37)35(31)23-27/h1-23H,24H2. The second-order valence-corrected chi connectivity index (χ2v) is 11.8. The number of nitrogens with zero attached hydrogens (tertiary/aromatic N) is 4. The molecular weight excluding hydrogens is 531 g/mol. The van der Waals surface area contributed by atoms with Gasteiger partial charge in [0.15, 0.2) is 0 Å². The molecule has 5 aromatic carbocycles. The van der Waals surface area contributed by atoms with E-state index in [-0.39, 0.29) is 6.85 Å². The molecule has 42 heavy (non-hydrogen) atoms. The molecule has 3 aliphatic heterocycles. The predicted molar refractivity (Wildman–Crippen MR) is 177 cm³/mol. The number of rotatable bonds is 3. The van der Waals surface area contributed by atoms with Crippen LogP contribution in [0.3, 0.4) is 0 Å². The summed E-state index contributed by atoms with van der Waals surface area (Å²) in [4.78, 5) is 11.8. The summed E-state index contributed by atoms with van der Waals surface area (Å²) in [6.45, 7) is 0.852. The van der Waals surface area contributed by atoms with E-state index < -0.39 is 0 Å². The maximum Gasteiger partial charge on any atom is 0.329 e. The Bertz CT molecular complexity index is 2000. The molecule has 6 aromatic rings. The number of fused-ring (bicyclic) bond motifs is 11. The molecule has 0 saturated carbocycles. The van der Waals surface area contributed by atoms with Crippen molar-refractivity contribution in [3.05, 3.63) is 139 Å². The Kier molecular flexibility index (Phi) is 5.19. The maximum atomic E-state index is 4.64. The minimum Gasteiger partial charge on any atom is -0.376 e. The van der Waals surface area contributed by atoms with Crippen molar-refractivity contribution in [1.82, 2.24) is 4.98 Å². The highest BCUT2D eigenvalue weighted by Gasteiger charge is 2.42. The van der Waals surface area contributed by atoms with Gasteiger partial charge in [0.1, 0.15) is 5.01 Å². The number of aromatic nitrogens is 1. The van der Waals surface area contributed by atoms with Gasteiger partial charge in [0.2, 0.25) is 0 Å². The first-order valence-corrected chi connectivity index (χ1v) is 15.1. The lowest BCUT2D eigenvalue weighted by molar-refractivity contribution is 0.975. The molecule has 4 nitrogen and oxygen atoms in total. The van der Waals surface area contributed by atoms with Crippen molar-refractivity contribution in [2.24, 2.45) is 0 Å². The lowest BCUT2D eigenvalue weighted by atomic mass is 9.43. The van der Waals surface area contributed by atoms with Crippen molar-refractivity contribution < 1.29 is 0 Å². The summed E-state index contributed by atoms with van der Waals surface area (Å²) in [5.74, 6) is 0. The molecule has 0 aliphatic carbocycles. The fraction of sp³-hybridized carbons (Fsp3) is 0.0278. The summed E-state index contributed by atoms with van der Waals surface area (Å²) in [5, 5.41) is 3.09. The van der Waals surface area contributed by atoms with Crippen molar-refractivity contribution in [2.45, 2.75) is 0 Å². The van der Waals surface area contributed by atoms with E-state index in [0.29, 0.717) is 0 Å². The van der Waals surface area contributed by atoms with Gasteiger partial charge in [-0.25, -0.2) is 4.98 Å². The van der Waals surface area contributed by atoms with Crippen molar-refractivity contribution in [3.63, 3.8) is 0 Å². The molecule has 9 rings (SSSR count). The lowest BCUT2D eigenvalue weighted by Crippen LogP contribution is -2.59. The molecule has 6 heteroatoms. The Morgan fingerprint density at radius 2 is 1.24 bits per heavy atom. The lowest BCUT2D eigenvalue weighted by Gasteiger charge is -2.43. The molecule has 3 aliphatic rings. The number of benzene rings is 5. The van der Waals surface area contributed by atoms with Crippen molar-refractivity contribution in [1.29, 1.82) is 0 Å². The summed E-state index contributed by atoms with van der Waals surface area (Å²) >= 11 is 1.68. The van der Waals surface area contributed by atoms with Gasteiger partial charge in [-0.05, 0) is 52.4 Å². The normalized spacial score (nSPS) is 14.3. The summed E-state index contributed by atoms with van der Waals surface area (Å²) in [5.41, 5.74) is 13.8. The molecule has 0 bridgehead atoms. The first kappa shape index (κ1) is 23.6. The van der Waals surface area contributed by atoms with Gasteiger partial charge < -0.3 is 14.6 Å². The zero-order valence-corrected chi connectivity index (χ0v) is 23.6. The number of hydrogen-bond donors (Lipinski definition) is 0. The fourth-order valence-electron chi connectivity index (χ4n) is 6.77. The van der Waals surface area contributed by atoms with Gasteiger partial charge >= 0.3 is 6.85 Å². The summed E-state index contributed by atoms with van der Waals surface area (Å²) < 4.78 is 0. The van der Waals surface area contributed by atoms with Crippen molar-refractivity contribution in [3.8, 4) is 32.8 Å². The van der Waals surface area contributed by atoms with Gasteiger partial charge in [0, 0.05) is 63.4 Å². The molecule has 0 fully saturated rings. The number of anilines is 4. The van der Waals surface area contributed by atoms with Crippen LogP contribution in [0.4, 0.5) is 22.7 Å². The van der Waals surface area contributed by atoms with Gasteiger partial charge in [0.25, 0.3) is 0 Å². The van der Waals surface area contributed by atoms with Crippen LogP contribution in [0, 0.1) is 0 Å². The maximum absolute atomic E-state index is 4.64. The van der Waals surface area contributed by atoms with Gasteiger partial charge in [0.05, 0.1) is 6.67 Å². The van der Waals surface area contributed by atoms with E-state index in [1.165, 1.54) is 55.9 Å². The van der Waals surface area contributed by atoms with Crippen LogP contribution in [0.15, 0.2) is 139 Å². The highest BCUT2D eigenvalue weighted by molar-refractivity contribution is 7.13. The van der Waals surface area contributed by atoms with Crippen LogP contribution in [-0.2, 0) is 0 Å². The zero-order valence-electron chi connectivity index (χ0n) is 22.8. The average molecular weight is 557 g/mol. The minimum absolute atomic E-state index is 0.0779. The van der Waals surface area contributed by atoms with Crippen LogP contribution in [0.25, 0.3) is 32.8 Å². The van der Waals surface area contributed by atoms with E-state index in [0.717, 1.165) is 17.2 Å². The average Bonchev–Trinajstić information content (AvgIpc) is 3.78. The molecule has 0 atom stereocenters. The molecule has 0 saturated heterocycles.